The van der Waals surface area contributed by atoms with Crippen LogP contribution >= 0.6 is 25.3 Å². The minimum atomic E-state index is 0.671. The van der Waals surface area contributed by atoms with E-state index in [9.17, 15) is 0 Å². The standard InChI is InChI=1S/C14H24S2/c15-13-7-3-11(4-8-13)1-2-12-5-9-14(16)10-6-12/h1-2,11-16H,3-10H2/b2-1+. The molecule has 0 amide bonds. The summed E-state index contributed by atoms with van der Waals surface area (Å²) in [6, 6.07) is 0. The zero-order valence-corrected chi connectivity index (χ0v) is 11.8. The molecule has 2 heteroatoms. The van der Waals surface area contributed by atoms with E-state index in [1.165, 1.54) is 51.4 Å². The minimum absolute atomic E-state index is 0.671. The number of hydrogen-bond donors (Lipinski definition) is 2. The van der Waals surface area contributed by atoms with E-state index in [2.05, 4.69) is 37.4 Å². The summed E-state index contributed by atoms with van der Waals surface area (Å²) in [5.74, 6) is 1.69. The van der Waals surface area contributed by atoms with Crippen molar-refractivity contribution in [3.63, 3.8) is 0 Å². The predicted molar refractivity (Wildman–Crippen MR) is 78.6 cm³/mol. The average molecular weight is 256 g/mol. The van der Waals surface area contributed by atoms with E-state index in [0.29, 0.717) is 10.5 Å². The fraction of sp³-hybridized carbons (Fsp3) is 0.857. The van der Waals surface area contributed by atoms with Gasteiger partial charge in [-0.2, -0.15) is 25.3 Å². The molecule has 0 bridgehead atoms. The summed E-state index contributed by atoms with van der Waals surface area (Å²) < 4.78 is 0. The lowest BCUT2D eigenvalue weighted by Gasteiger charge is -2.25. The van der Waals surface area contributed by atoms with Crippen LogP contribution in [0.2, 0.25) is 0 Å². The maximum Gasteiger partial charge on any atom is 0.00172 e. The molecule has 16 heavy (non-hydrogen) atoms. The Hall–Kier alpha value is 0.440. The molecule has 0 aliphatic heterocycles. The first kappa shape index (κ1) is 12.9. The van der Waals surface area contributed by atoms with Gasteiger partial charge in [0.25, 0.3) is 0 Å². The van der Waals surface area contributed by atoms with Gasteiger partial charge in [0.2, 0.25) is 0 Å². The molecule has 0 radical (unpaired) electrons. The van der Waals surface area contributed by atoms with Crippen LogP contribution < -0.4 is 0 Å². The topological polar surface area (TPSA) is 0 Å². The van der Waals surface area contributed by atoms with E-state index in [1.54, 1.807) is 0 Å². The lowest BCUT2D eigenvalue weighted by Crippen LogP contribution is -2.14. The van der Waals surface area contributed by atoms with Crippen LogP contribution in [-0.4, -0.2) is 10.5 Å². The molecule has 0 N–H and O–H groups in total. The Balaban J connectivity index is 1.72. The molecule has 2 rings (SSSR count). The van der Waals surface area contributed by atoms with Gasteiger partial charge in [-0.15, -0.1) is 0 Å². The molecule has 2 fully saturated rings. The molecule has 0 nitrogen and oxygen atoms in total. The first-order chi connectivity index (χ1) is 7.74. The lowest BCUT2D eigenvalue weighted by molar-refractivity contribution is 0.410. The molecule has 0 spiro atoms. The predicted octanol–water partition coefficient (Wildman–Crippen LogP) is 4.52. The van der Waals surface area contributed by atoms with Crippen molar-refractivity contribution in [3.05, 3.63) is 12.2 Å². The highest BCUT2D eigenvalue weighted by molar-refractivity contribution is 7.81. The van der Waals surface area contributed by atoms with Crippen LogP contribution in [-0.2, 0) is 0 Å². The van der Waals surface area contributed by atoms with Crippen LogP contribution in [0.1, 0.15) is 51.4 Å². The SMILES string of the molecule is SC1CCC(/C=C/C2CCC(S)CC2)CC1. The summed E-state index contributed by atoms with van der Waals surface area (Å²) >= 11 is 9.10. The second kappa shape index (κ2) is 6.39. The van der Waals surface area contributed by atoms with Crippen LogP contribution in [0, 0.1) is 11.8 Å². The number of allylic oxidation sites excluding steroid dienone is 2. The molecule has 92 valence electrons. The molecule has 0 unspecified atom stereocenters. The van der Waals surface area contributed by atoms with E-state index in [0.717, 1.165) is 11.8 Å². The van der Waals surface area contributed by atoms with E-state index in [1.807, 2.05) is 0 Å². The smallest absolute Gasteiger partial charge is 0.00172 e. The van der Waals surface area contributed by atoms with Crippen LogP contribution in [0.3, 0.4) is 0 Å². The molecule has 0 aromatic rings. The monoisotopic (exact) mass is 256 g/mol. The van der Waals surface area contributed by atoms with Crippen molar-refractivity contribution in [1.82, 2.24) is 0 Å². The number of rotatable bonds is 2. The first-order valence-electron chi connectivity index (χ1n) is 6.78. The third kappa shape index (κ3) is 4.03. The molecule has 2 saturated carbocycles. The van der Waals surface area contributed by atoms with Crippen molar-refractivity contribution in [2.75, 3.05) is 0 Å². The largest absolute Gasteiger partial charge is 0.176 e. The molecule has 0 aromatic carbocycles. The van der Waals surface area contributed by atoms with Crippen molar-refractivity contribution in [2.24, 2.45) is 11.8 Å². The summed E-state index contributed by atoms with van der Waals surface area (Å²) in [7, 11) is 0. The molecule has 2 aliphatic carbocycles. The van der Waals surface area contributed by atoms with Crippen LogP contribution in [0.4, 0.5) is 0 Å². The summed E-state index contributed by atoms with van der Waals surface area (Å²) in [5, 5.41) is 1.34. The minimum Gasteiger partial charge on any atom is -0.176 e. The highest BCUT2D eigenvalue weighted by atomic mass is 32.1. The van der Waals surface area contributed by atoms with E-state index in [4.69, 9.17) is 0 Å². The third-order valence-corrected chi connectivity index (χ3v) is 5.17. The van der Waals surface area contributed by atoms with Gasteiger partial charge in [0, 0.05) is 10.5 Å². The highest BCUT2D eigenvalue weighted by Gasteiger charge is 2.19. The van der Waals surface area contributed by atoms with E-state index in [-0.39, 0.29) is 0 Å². The first-order valence-corrected chi connectivity index (χ1v) is 7.82. The van der Waals surface area contributed by atoms with E-state index >= 15 is 0 Å². The Morgan fingerprint density at radius 3 is 1.19 bits per heavy atom. The Kier molecular flexibility index (Phi) is 5.15. The van der Waals surface area contributed by atoms with Crippen molar-refractivity contribution < 1.29 is 0 Å². The van der Waals surface area contributed by atoms with E-state index < -0.39 is 0 Å². The normalized spacial score (nSPS) is 41.4. The van der Waals surface area contributed by atoms with Gasteiger partial charge < -0.3 is 0 Å². The fourth-order valence-electron chi connectivity index (χ4n) is 2.90. The molecular formula is C14H24S2. The van der Waals surface area contributed by atoms with Crippen LogP contribution in [0.15, 0.2) is 12.2 Å². The number of hydrogen-bond acceptors (Lipinski definition) is 2. The van der Waals surface area contributed by atoms with Gasteiger partial charge >= 0.3 is 0 Å². The van der Waals surface area contributed by atoms with Gasteiger partial charge in [-0.1, -0.05) is 12.2 Å². The molecule has 0 saturated heterocycles. The fourth-order valence-corrected chi connectivity index (χ4v) is 3.50. The summed E-state index contributed by atoms with van der Waals surface area (Å²) in [5.41, 5.74) is 0. The molecule has 2 aliphatic rings. The van der Waals surface area contributed by atoms with Gasteiger partial charge in [-0.25, -0.2) is 0 Å². The zero-order chi connectivity index (χ0) is 11.4. The third-order valence-electron chi connectivity index (χ3n) is 4.14. The van der Waals surface area contributed by atoms with Gasteiger partial charge in [-0.05, 0) is 63.2 Å². The van der Waals surface area contributed by atoms with Crippen molar-refractivity contribution in [1.29, 1.82) is 0 Å². The summed E-state index contributed by atoms with van der Waals surface area (Å²) in [4.78, 5) is 0. The number of thiol groups is 2. The maximum absolute atomic E-state index is 4.55. The Morgan fingerprint density at radius 1 is 0.562 bits per heavy atom. The van der Waals surface area contributed by atoms with Crippen molar-refractivity contribution >= 4 is 25.3 Å². The quantitative estimate of drug-likeness (QED) is 0.527. The molecular weight excluding hydrogens is 232 g/mol. The molecule has 0 atom stereocenters. The van der Waals surface area contributed by atoms with Gasteiger partial charge in [-0.3, -0.25) is 0 Å². The molecule has 0 heterocycles. The van der Waals surface area contributed by atoms with Crippen molar-refractivity contribution in [2.45, 2.75) is 61.9 Å². The summed E-state index contributed by atoms with van der Waals surface area (Å²) in [6.45, 7) is 0. The van der Waals surface area contributed by atoms with Crippen molar-refractivity contribution in [3.8, 4) is 0 Å². The second-order valence-corrected chi connectivity index (χ2v) is 6.98. The maximum atomic E-state index is 4.55. The second-order valence-electron chi connectivity index (χ2n) is 5.52. The van der Waals surface area contributed by atoms with Gasteiger partial charge in [0.05, 0.1) is 0 Å². The van der Waals surface area contributed by atoms with Crippen LogP contribution in [0.5, 0.6) is 0 Å². The molecule has 0 aromatic heterocycles. The lowest BCUT2D eigenvalue weighted by atomic mass is 9.85. The Bertz CT molecular complexity index is 197. The highest BCUT2D eigenvalue weighted by Crippen LogP contribution is 2.31. The van der Waals surface area contributed by atoms with Crippen LogP contribution in [0.25, 0.3) is 0 Å². The Morgan fingerprint density at radius 2 is 0.875 bits per heavy atom. The summed E-state index contributed by atoms with van der Waals surface area (Å²) in [6.07, 6.45) is 15.6. The van der Waals surface area contributed by atoms with Gasteiger partial charge in [0.1, 0.15) is 0 Å². The Labute approximate surface area is 111 Å². The average Bonchev–Trinajstić information content (AvgIpc) is 2.30. The zero-order valence-electron chi connectivity index (χ0n) is 10.0. The van der Waals surface area contributed by atoms with Gasteiger partial charge in [0.15, 0.2) is 0 Å².